The normalized spacial score (nSPS) is 24.2. The Morgan fingerprint density at radius 3 is 2.76 bits per heavy atom. The first kappa shape index (κ1) is 13.5. The molecule has 0 aromatic rings. The molecule has 1 heterocycles. The molecule has 2 atom stereocenters. The molecule has 1 amide bonds. The molecule has 1 aliphatic rings. The Kier molecular flexibility index (Phi) is 5.00. The summed E-state index contributed by atoms with van der Waals surface area (Å²) in [5.74, 6) is -0.960. The SMILES string of the molecule is C=CCOC(=O)N1C(CC)CCCC1C(=O)O. The fourth-order valence-electron chi connectivity index (χ4n) is 2.20. The Labute approximate surface area is 101 Å². The van der Waals surface area contributed by atoms with Gasteiger partial charge in [0.05, 0.1) is 0 Å². The van der Waals surface area contributed by atoms with Crippen LogP contribution in [0.2, 0.25) is 0 Å². The van der Waals surface area contributed by atoms with E-state index in [2.05, 4.69) is 6.58 Å². The molecule has 0 saturated carbocycles. The van der Waals surface area contributed by atoms with Crippen LogP contribution in [0.3, 0.4) is 0 Å². The van der Waals surface area contributed by atoms with Crippen LogP contribution in [0.1, 0.15) is 32.6 Å². The van der Waals surface area contributed by atoms with Gasteiger partial charge in [-0.05, 0) is 25.7 Å². The lowest BCUT2D eigenvalue weighted by atomic mass is 9.94. The predicted octanol–water partition coefficient (Wildman–Crippen LogP) is 2.03. The highest BCUT2D eigenvalue weighted by atomic mass is 16.6. The second-order valence-corrected chi connectivity index (χ2v) is 4.12. The molecule has 5 nitrogen and oxygen atoms in total. The van der Waals surface area contributed by atoms with Crippen LogP contribution < -0.4 is 0 Å². The molecule has 1 N–H and O–H groups in total. The van der Waals surface area contributed by atoms with Gasteiger partial charge in [0.1, 0.15) is 12.6 Å². The maximum Gasteiger partial charge on any atom is 0.411 e. The number of nitrogens with zero attached hydrogens (tertiary/aromatic N) is 1. The van der Waals surface area contributed by atoms with Gasteiger partial charge >= 0.3 is 12.1 Å². The van der Waals surface area contributed by atoms with E-state index in [0.29, 0.717) is 6.42 Å². The Hall–Kier alpha value is -1.52. The van der Waals surface area contributed by atoms with E-state index in [9.17, 15) is 9.59 Å². The van der Waals surface area contributed by atoms with E-state index in [4.69, 9.17) is 9.84 Å². The minimum atomic E-state index is -0.960. The zero-order chi connectivity index (χ0) is 12.8. The first-order valence-electron chi connectivity index (χ1n) is 5.90. The van der Waals surface area contributed by atoms with Gasteiger partial charge in [0.15, 0.2) is 0 Å². The van der Waals surface area contributed by atoms with E-state index in [1.807, 2.05) is 6.92 Å². The van der Waals surface area contributed by atoms with Gasteiger partial charge in [-0.2, -0.15) is 0 Å². The Morgan fingerprint density at radius 2 is 2.24 bits per heavy atom. The highest BCUT2D eigenvalue weighted by Gasteiger charge is 2.38. The van der Waals surface area contributed by atoms with Crippen LogP contribution in [-0.4, -0.2) is 40.8 Å². The summed E-state index contributed by atoms with van der Waals surface area (Å²) in [7, 11) is 0. The van der Waals surface area contributed by atoms with E-state index in [1.54, 1.807) is 0 Å². The summed E-state index contributed by atoms with van der Waals surface area (Å²) in [5, 5.41) is 9.13. The van der Waals surface area contributed by atoms with Gasteiger partial charge in [0.2, 0.25) is 0 Å². The summed E-state index contributed by atoms with van der Waals surface area (Å²) in [5.41, 5.74) is 0. The molecule has 0 spiro atoms. The first-order chi connectivity index (χ1) is 8.11. The average Bonchev–Trinajstić information content (AvgIpc) is 2.34. The number of aliphatic carboxylic acids is 1. The molecule has 2 unspecified atom stereocenters. The van der Waals surface area contributed by atoms with Gasteiger partial charge in [-0.15, -0.1) is 0 Å². The topological polar surface area (TPSA) is 66.8 Å². The van der Waals surface area contributed by atoms with Gasteiger partial charge < -0.3 is 9.84 Å². The van der Waals surface area contributed by atoms with Crippen molar-refractivity contribution in [3.05, 3.63) is 12.7 Å². The van der Waals surface area contributed by atoms with Crippen LogP contribution in [0.15, 0.2) is 12.7 Å². The van der Waals surface area contributed by atoms with E-state index in [1.165, 1.54) is 11.0 Å². The lowest BCUT2D eigenvalue weighted by Gasteiger charge is -2.38. The third kappa shape index (κ3) is 3.22. The molecule has 1 fully saturated rings. The Morgan fingerprint density at radius 1 is 1.53 bits per heavy atom. The van der Waals surface area contributed by atoms with Gasteiger partial charge in [0, 0.05) is 6.04 Å². The van der Waals surface area contributed by atoms with E-state index >= 15 is 0 Å². The first-order valence-corrected chi connectivity index (χ1v) is 5.90. The highest BCUT2D eigenvalue weighted by Crippen LogP contribution is 2.26. The highest BCUT2D eigenvalue weighted by molar-refractivity contribution is 5.80. The summed E-state index contributed by atoms with van der Waals surface area (Å²) in [6.07, 6.45) is 3.83. The predicted molar refractivity (Wildman–Crippen MR) is 62.7 cm³/mol. The molecule has 1 rings (SSSR count). The van der Waals surface area contributed by atoms with E-state index in [-0.39, 0.29) is 12.6 Å². The number of hydrogen-bond donors (Lipinski definition) is 1. The van der Waals surface area contributed by atoms with Crippen molar-refractivity contribution in [2.75, 3.05) is 6.61 Å². The number of piperidine rings is 1. The van der Waals surface area contributed by atoms with Crippen LogP contribution in [0.4, 0.5) is 4.79 Å². The number of carboxylic acids is 1. The van der Waals surface area contributed by atoms with Crippen LogP contribution in [0.5, 0.6) is 0 Å². The molecule has 0 bridgehead atoms. The van der Waals surface area contributed by atoms with Gasteiger partial charge in [-0.25, -0.2) is 9.59 Å². The zero-order valence-electron chi connectivity index (χ0n) is 10.1. The van der Waals surface area contributed by atoms with Crippen LogP contribution in [0, 0.1) is 0 Å². The lowest BCUT2D eigenvalue weighted by molar-refractivity contribution is -0.145. The molecule has 96 valence electrons. The summed E-state index contributed by atoms with van der Waals surface area (Å²) in [6.45, 7) is 5.52. The van der Waals surface area contributed by atoms with Crippen molar-refractivity contribution >= 4 is 12.1 Å². The Balaban J connectivity index is 2.79. The summed E-state index contributed by atoms with van der Waals surface area (Å²) in [6, 6.07) is -0.798. The van der Waals surface area contributed by atoms with Gasteiger partial charge in [-0.1, -0.05) is 19.6 Å². The zero-order valence-corrected chi connectivity index (χ0v) is 10.1. The maximum atomic E-state index is 11.8. The fourth-order valence-corrected chi connectivity index (χ4v) is 2.20. The number of likely N-dealkylation sites (tertiary alicyclic amines) is 1. The van der Waals surface area contributed by atoms with Crippen LogP contribution >= 0.6 is 0 Å². The summed E-state index contributed by atoms with van der Waals surface area (Å²) >= 11 is 0. The minimum Gasteiger partial charge on any atom is -0.480 e. The van der Waals surface area contributed by atoms with Gasteiger partial charge in [0.25, 0.3) is 0 Å². The molecule has 0 aromatic carbocycles. The molecule has 5 heteroatoms. The van der Waals surface area contributed by atoms with Crippen molar-refractivity contribution < 1.29 is 19.4 Å². The second-order valence-electron chi connectivity index (χ2n) is 4.12. The van der Waals surface area contributed by atoms with Gasteiger partial charge in [-0.3, -0.25) is 4.90 Å². The summed E-state index contributed by atoms with van der Waals surface area (Å²) in [4.78, 5) is 24.3. The quantitative estimate of drug-likeness (QED) is 0.765. The fraction of sp³-hybridized carbons (Fsp3) is 0.667. The monoisotopic (exact) mass is 241 g/mol. The van der Waals surface area contributed by atoms with Crippen molar-refractivity contribution in [2.45, 2.75) is 44.7 Å². The number of amides is 1. The molecule has 17 heavy (non-hydrogen) atoms. The smallest absolute Gasteiger partial charge is 0.411 e. The number of carbonyl (C=O) groups is 2. The minimum absolute atomic E-state index is 0.0397. The lowest BCUT2D eigenvalue weighted by Crippen LogP contribution is -2.53. The van der Waals surface area contributed by atoms with Crippen LogP contribution in [-0.2, 0) is 9.53 Å². The third-order valence-corrected chi connectivity index (χ3v) is 3.04. The average molecular weight is 241 g/mol. The maximum absolute atomic E-state index is 11.8. The van der Waals surface area contributed by atoms with Crippen molar-refractivity contribution in [3.8, 4) is 0 Å². The molecular weight excluding hydrogens is 222 g/mol. The number of rotatable bonds is 4. The number of carboxylic acid groups (broad SMARTS) is 1. The standard InChI is InChI=1S/C12H19NO4/c1-3-8-17-12(16)13-9(4-2)6-5-7-10(13)11(14)15/h3,9-10H,1,4-8H2,2H3,(H,14,15). The molecule has 1 aliphatic heterocycles. The Bertz CT molecular complexity index is 303. The van der Waals surface area contributed by atoms with Crippen molar-refractivity contribution in [1.29, 1.82) is 0 Å². The molecule has 1 saturated heterocycles. The molecule has 0 radical (unpaired) electrons. The van der Waals surface area contributed by atoms with Crippen molar-refractivity contribution in [1.82, 2.24) is 4.90 Å². The summed E-state index contributed by atoms with van der Waals surface area (Å²) < 4.78 is 4.95. The molecule has 0 aliphatic carbocycles. The molecular formula is C12H19NO4. The third-order valence-electron chi connectivity index (χ3n) is 3.04. The largest absolute Gasteiger partial charge is 0.480 e. The number of ether oxygens (including phenoxy) is 1. The number of carbonyl (C=O) groups excluding carboxylic acids is 1. The second kappa shape index (κ2) is 6.27. The number of hydrogen-bond acceptors (Lipinski definition) is 3. The van der Waals surface area contributed by atoms with Crippen LogP contribution in [0.25, 0.3) is 0 Å². The van der Waals surface area contributed by atoms with E-state index in [0.717, 1.165) is 19.3 Å². The van der Waals surface area contributed by atoms with Crippen molar-refractivity contribution in [3.63, 3.8) is 0 Å². The molecule has 0 aromatic heterocycles. The van der Waals surface area contributed by atoms with E-state index < -0.39 is 18.1 Å². The van der Waals surface area contributed by atoms with Crippen molar-refractivity contribution in [2.24, 2.45) is 0 Å².